The van der Waals surface area contributed by atoms with Crippen molar-refractivity contribution in [2.45, 2.75) is 31.3 Å². The van der Waals surface area contributed by atoms with Crippen LogP contribution in [0.2, 0.25) is 0 Å². The molecule has 3 aromatic carbocycles. The maximum absolute atomic E-state index is 10.3. The molecule has 0 spiro atoms. The van der Waals surface area contributed by atoms with Crippen molar-refractivity contribution in [3.8, 4) is 11.5 Å². The van der Waals surface area contributed by atoms with Gasteiger partial charge >= 0.3 is 0 Å². The third-order valence-electron chi connectivity index (χ3n) is 7.08. The van der Waals surface area contributed by atoms with E-state index in [-0.39, 0.29) is 0 Å². The van der Waals surface area contributed by atoms with Crippen LogP contribution in [0.15, 0.2) is 60.7 Å². The number of fused-ring (bicyclic) bond motifs is 1. The number of aromatic hydroxyl groups is 1. The van der Waals surface area contributed by atoms with E-state index in [1.54, 1.807) is 13.2 Å². The molecule has 5 heteroatoms. The number of hydrazine groups is 1. The Bertz CT molecular complexity index is 1050. The molecule has 0 bridgehead atoms. The monoisotopic (exact) mass is 417 g/mol. The summed E-state index contributed by atoms with van der Waals surface area (Å²) in [6.07, 6.45) is 2.30. The van der Waals surface area contributed by atoms with Crippen LogP contribution >= 0.6 is 0 Å². The van der Waals surface area contributed by atoms with Crippen LogP contribution in [0, 0.1) is 5.92 Å². The molecule has 0 aliphatic carbocycles. The van der Waals surface area contributed by atoms with Gasteiger partial charge in [0.05, 0.1) is 7.11 Å². The highest BCUT2D eigenvalue weighted by Crippen LogP contribution is 2.35. The lowest BCUT2D eigenvalue weighted by Gasteiger charge is -2.36. The van der Waals surface area contributed by atoms with Gasteiger partial charge in [-0.15, -0.1) is 0 Å². The zero-order valence-corrected chi connectivity index (χ0v) is 18.1. The number of phenols is 1. The molecule has 2 unspecified atom stereocenters. The molecule has 3 aromatic rings. The summed E-state index contributed by atoms with van der Waals surface area (Å²) in [4.78, 5) is 2.43. The number of methoxy groups -OCH3 is 1. The highest BCUT2D eigenvalue weighted by molar-refractivity contribution is 5.83. The summed E-state index contributed by atoms with van der Waals surface area (Å²) < 4.78 is 5.46. The molecule has 2 aliphatic heterocycles. The van der Waals surface area contributed by atoms with Gasteiger partial charge in [0.25, 0.3) is 0 Å². The van der Waals surface area contributed by atoms with Crippen molar-refractivity contribution in [1.29, 1.82) is 0 Å². The quantitative estimate of drug-likeness (QED) is 0.585. The molecule has 3 N–H and O–H groups in total. The fourth-order valence-corrected chi connectivity index (χ4v) is 5.32. The predicted molar refractivity (Wildman–Crippen MR) is 124 cm³/mol. The number of hydrogen-bond acceptors (Lipinski definition) is 5. The van der Waals surface area contributed by atoms with Gasteiger partial charge in [-0.2, -0.15) is 0 Å². The molecule has 2 fully saturated rings. The number of rotatable bonds is 5. The Hall–Kier alpha value is -2.60. The van der Waals surface area contributed by atoms with Crippen LogP contribution in [0.3, 0.4) is 0 Å². The standard InChI is InChI=1S/C26H31N3O2/c1-31-25-8-4-7-24(30)23(25)17-29-13-11-19(12-14-29)26-22(16-27-28-26)21-10-9-18-5-2-3-6-20(18)15-21/h2-10,15,19,22,26-28,30H,11-14,16-17H2,1H3. The third kappa shape index (κ3) is 4.13. The fourth-order valence-electron chi connectivity index (χ4n) is 5.32. The van der Waals surface area contributed by atoms with E-state index >= 15 is 0 Å². The van der Waals surface area contributed by atoms with Crippen LogP contribution in [0.25, 0.3) is 10.8 Å². The number of hydrogen-bond donors (Lipinski definition) is 3. The van der Waals surface area contributed by atoms with Gasteiger partial charge in [0.15, 0.2) is 0 Å². The number of nitrogens with one attached hydrogen (secondary N) is 2. The minimum Gasteiger partial charge on any atom is -0.507 e. The lowest BCUT2D eigenvalue weighted by atomic mass is 9.80. The van der Waals surface area contributed by atoms with Crippen molar-refractivity contribution in [3.05, 3.63) is 71.8 Å². The Morgan fingerprint density at radius 3 is 2.61 bits per heavy atom. The molecule has 0 saturated carbocycles. The maximum Gasteiger partial charge on any atom is 0.127 e. The summed E-state index contributed by atoms with van der Waals surface area (Å²) in [6, 6.07) is 21.5. The van der Waals surface area contributed by atoms with Crippen molar-refractivity contribution in [2.75, 3.05) is 26.7 Å². The third-order valence-corrected chi connectivity index (χ3v) is 7.08. The van der Waals surface area contributed by atoms with Gasteiger partial charge in [-0.3, -0.25) is 15.8 Å². The molecule has 0 radical (unpaired) electrons. The Labute approximate surface area is 184 Å². The van der Waals surface area contributed by atoms with Crippen LogP contribution in [-0.4, -0.2) is 42.8 Å². The van der Waals surface area contributed by atoms with Crippen molar-refractivity contribution in [2.24, 2.45) is 5.92 Å². The number of phenolic OH excluding ortho intramolecular Hbond substituents is 1. The summed E-state index contributed by atoms with van der Waals surface area (Å²) in [5, 5.41) is 12.9. The Balaban J connectivity index is 1.25. The zero-order chi connectivity index (χ0) is 21.2. The molecule has 2 heterocycles. The normalized spacial score (nSPS) is 22.7. The van der Waals surface area contributed by atoms with Crippen molar-refractivity contribution >= 4 is 10.8 Å². The van der Waals surface area contributed by atoms with Crippen LogP contribution in [0.1, 0.15) is 29.9 Å². The highest BCUT2D eigenvalue weighted by atomic mass is 16.5. The molecule has 5 rings (SSSR count). The number of ether oxygens (including phenoxy) is 1. The molecule has 2 aliphatic rings. The number of likely N-dealkylation sites (tertiary alicyclic amines) is 1. The minimum absolute atomic E-state index is 0.319. The fraction of sp³-hybridized carbons (Fsp3) is 0.385. The Kier molecular flexibility index (Phi) is 5.81. The van der Waals surface area contributed by atoms with Gasteiger partial charge < -0.3 is 9.84 Å². The van der Waals surface area contributed by atoms with E-state index in [1.807, 2.05) is 12.1 Å². The van der Waals surface area contributed by atoms with Gasteiger partial charge in [-0.25, -0.2) is 0 Å². The first-order chi connectivity index (χ1) is 15.2. The van der Waals surface area contributed by atoms with E-state index in [4.69, 9.17) is 4.74 Å². The van der Waals surface area contributed by atoms with Crippen LogP contribution in [-0.2, 0) is 6.54 Å². The maximum atomic E-state index is 10.3. The zero-order valence-electron chi connectivity index (χ0n) is 18.1. The van der Waals surface area contributed by atoms with Gasteiger partial charge in [0.2, 0.25) is 0 Å². The number of benzene rings is 3. The number of nitrogens with zero attached hydrogens (tertiary/aromatic N) is 1. The average molecular weight is 418 g/mol. The summed E-state index contributed by atoms with van der Waals surface area (Å²) in [5.41, 5.74) is 9.32. The van der Waals surface area contributed by atoms with E-state index in [0.717, 1.165) is 50.3 Å². The first-order valence-electron chi connectivity index (χ1n) is 11.3. The summed E-state index contributed by atoms with van der Waals surface area (Å²) in [5.74, 6) is 2.20. The molecule has 2 saturated heterocycles. The Morgan fingerprint density at radius 1 is 1.00 bits per heavy atom. The first kappa shape index (κ1) is 20.3. The molecule has 0 amide bonds. The van der Waals surface area contributed by atoms with Gasteiger partial charge in [-0.1, -0.05) is 48.5 Å². The molecular formula is C26H31N3O2. The second-order valence-electron chi connectivity index (χ2n) is 8.84. The smallest absolute Gasteiger partial charge is 0.127 e. The highest BCUT2D eigenvalue weighted by Gasteiger charge is 2.36. The molecule has 5 nitrogen and oxygen atoms in total. The lowest BCUT2D eigenvalue weighted by molar-refractivity contribution is 0.149. The van der Waals surface area contributed by atoms with E-state index in [1.165, 1.54) is 16.3 Å². The first-order valence-corrected chi connectivity index (χ1v) is 11.3. The Morgan fingerprint density at radius 2 is 1.81 bits per heavy atom. The van der Waals surface area contributed by atoms with E-state index in [9.17, 15) is 5.11 Å². The summed E-state index contributed by atoms with van der Waals surface area (Å²) >= 11 is 0. The van der Waals surface area contributed by atoms with Crippen LogP contribution in [0.5, 0.6) is 11.5 Å². The lowest BCUT2D eigenvalue weighted by Crippen LogP contribution is -2.44. The van der Waals surface area contributed by atoms with E-state index < -0.39 is 0 Å². The van der Waals surface area contributed by atoms with Crippen molar-refractivity contribution < 1.29 is 9.84 Å². The molecule has 2 atom stereocenters. The van der Waals surface area contributed by atoms with Gasteiger partial charge in [-0.05, 0) is 60.3 Å². The number of piperidine rings is 1. The second kappa shape index (κ2) is 8.87. The van der Waals surface area contributed by atoms with Gasteiger partial charge in [0, 0.05) is 30.6 Å². The minimum atomic E-state index is 0.319. The average Bonchev–Trinajstić information content (AvgIpc) is 3.30. The van der Waals surface area contributed by atoms with E-state index in [2.05, 4.69) is 58.2 Å². The van der Waals surface area contributed by atoms with Crippen molar-refractivity contribution in [3.63, 3.8) is 0 Å². The van der Waals surface area contributed by atoms with Crippen LogP contribution < -0.4 is 15.6 Å². The van der Waals surface area contributed by atoms with E-state index in [0.29, 0.717) is 23.6 Å². The van der Waals surface area contributed by atoms with Gasteiger partial charge in [0.1, 0.15) is 11.5 Å². The molecule has 0 aromatic heterocycles. The topological polar surface area (TPSA) is 56.8 Å². The van der Waals surface area contributed by atoms with Crippen LogP contribution in [0.4, 0.5) is 0 Å². The largest absolute Gasteiger partial charge is 0.507 e. The molecule has 31 heavy (non-hydrogen) atoms. The summed E-state index contributed by atoms with van der Waals surface area (Å²) in [6.45, 7) is 3.76. The SMILES string of the molecule is COc1cccc(O)c1CN1CCC(C2NNCC2c2ccc3ccccc3c2)CC1. The summed E-state index contributed by atoms with van der Waals surface area (Å²) in [7, 11) is 1.66. The molecule has 162 valence electrons. The van der Waals surface area contributed by atoms with Crippen molar-refractivity contribution in [1.82, 2.24) is 15.8 Å². The predicted octanol–water partition coefficient (Wildman–Crippen LogP) is 4.03. The molecular weight excluding hydrogens is 386 g/mol. The second-order valence-corrected chi connectivity index (χ2v) is 8.84.